The number of benzene rings is 1. The highest BCUT2D eigenvalue weighted by molar-refractivity contribution is 7.13. The Balaban J connectivity index is 1.78. The average Bonchev–Trinajstić information content (AvgIpc) is 3.36. The Bertz CT molecular complexity index is 1150. The lowest BCUT2D eigenvalue weighted by Gasteiger charge is -2.15. The molecule has 1 amide bonds. The Hall–Kier alpha value is -3.52. The zero-order valence-corrected chi connectivity index (χ0v) is 15.6. The number of aryl methyl sites for hydroxylation is 1. The van der Waals surface area contributed by atoms with Crippen LogP contribution >= 0.6 is 11.3 Å². The van der Waals surface area contributed by atoms with E-state index in [1.165, 1.54) is 11.3 Å². The minimum Gasteiger partial charge on any atom is -0.444 e. The molecule has 4 rings (SSSR count). The summed E-state index contributed by atoms with van der Waals surface area (Å²) in [5, 5.41) is 6.25. The molecule has 0 bridgehead atoms. The van der Waals surface area contributed by atoms with E-state index < -0.39 is 18.0 Å². The molecule has 0 aliphatic rings. The Labute approximate surface area is 163 Å². The SMILES string of the molecule is Cc1noc2nc(-c3cccs3)cc(C(=O)OC(C(N)=O)c3ccccc3)c12. The lowest BCUT2D eigenvalue weighted by Crippen LogP contribution is -2.26. The molecule has 0 saturated heterocycles. The molecule has 3 heterocycles. The monoisotopic (exact) mass is 393 g/mol. The number of fused-ring (bicyclic) bond motifs is 1. The van der Waals surface area contributed by atoms with Gasteiger partial charge in [0.05, 0.1) is 27.2 Å². The predicted octanol–water partition coefficient (Wildman–Crippen LogP) is 3.64. The summed E-state index contributed by atoms with van der Waals surface area (Å²) in [5.74, 6) is -1.46. The number of hydrogen-bond donors (Lipinski definition) is 1. The third-order valence-electron chi connectivity index (χ3n) is 4.20. The molecule has 1 aromatic carbocycles. The van der Waals surface area contributed by atoms with Gasteiger partial charge in [-0.05, 0) is 24.4 Å². The summed E-state index contributed by atoms with van der Waals surface area (Å²) in [7, 11) is 0. The van der Waals surface area contributed by atoms with Gasteiger partial charge in [-0.1, -0.05) is 41.6 Å². The molecule has 3 aromatic heterocycles. The summed E-state index contributed by atoms with van der Waals surface area (Å²) < 4.78 is 10.7. The number of carbonyl (C=O) groups excluding carboxylic acids is 2. The van der Waals surface area contributed by atoms with Crippen LogP contribution in [0.2, 0.25) is 0 Å². The van der Waals surface area contributed by atoms with Crippen molar-refractivity contribution in [2.75, 3.05) is 0 Å². The van der Waals surface area contributed by atoms with E-state index in [1.54, 1.807) is 43.3 Å². The highest BCUT2D eigenvalue weighted by Gasteiger charge is 2.27. The zero-order chi connectivity index (χ0) is 19.7. The Morgan fingerprint density at radius 1 is 1.18 bits per heavy atom. The van der Waals surface area contributed by atoms with Gasteiger partial charge in [0.25, 0.3) is 11.6 Å². The van der Waals surface area contributed by atoms with E-state index in [-0.39, 0.29) is 11.3 Å². The van der Waals surface area contributed by atoms with Gasteiger partial charge in [-0.3, -0.25) is 4.79 Å². The average molecular weight is 393 g/mol. The van der Waals surface area contributed by atoms with Gasteiger partial charge in [0.1, 0.15) is 0 Å². The number of nitrogens with zero attached hydrogens (tertiary/aromatic N) is 2. The lowest BCUT2D eigenvalue weighted by molar-refractivity contribution is -0.127. The number of nitrogens with two attached hydrogens (primary N) is 1. The van der Waals surface area contributed by atoms with Crippen molar-refractivity contribution in [1.82, 2.24) is 10.1 Å². The number of hydrogen-bond acceptors (Lipinski definition) is 7. The molecule has 4 aromatic rings. The van der Waals surface area contributed by atoms with E-state index in [4.69, 9.17) is 15.0 Å². The molecule has 0 fully saturated rings. The van der Waals surface area contributed by atoms with Gasteiger partial charge in [0.2, 0.25) is 6.10 Å². The second kappa shape index (κ2) is 7.24. The van der Waals surface area contributed by atoms with E-state index in [1.807, 2.05) is 17.5 Å². The number of aromatic nitrogens is 2. The molecule has 0 aliphatic heterocycles. The first-order valence-corrected chi connectivity index (χ1v) is 9.28. The minimum absolute atomic E-state index is 0.217. The van der Waals surface area contributed by atoms with Crippen molar-refractivity contribution in [1.29, 1.82) is 0 Å². The van der Waals surface area contributed by atoms with Crippen LogP contribution in [0, 0.1) is 6.92 Å². The fourth-order valence-electron chi connectivity index (χ4n) is 2.89. The molecular formula is C20H15N3O4S. The fraction of sp³-hybridized carbons (Fsp3) is 0.100. The third kappa shape index (κ3) is 3.25. The molecule has 0 saturated carbocycles. The van der Waals surface area contributed by atoms with Crippen molar-refractivity contribution in [3.63, 3.8) is 0 Å². The predicted molar refractivity (Wildman–Crippen MR) is 104 cm³/mol. The van der Waals surface area contributed by atoms with Crippen molar-refractivity contribution in [3.05, 3.63) is 70.7 Å². The fourth-order valence-corrected chi connectivity index (χ4v) is 3.58. The number of primary amides is 1. The van der Waals surface area contributed by atoms with Crippen LogP contribution in [0.3, 0.4) is 0 Å². The Morgan fingerprint density at radius 3 is 2.64 bits per heavy atom. The smallest absolute Gasteiger partial charge is 0.340 e. The van der Waals surface area contributed by atoms with Crippen LogP contribution in [0.25, 0.3) is 21.7 Å². The van der Waals surface area contributed by atoms with Gasteiger partial charge in [-0.15, -0.1) is 11.3 Å². The van der Waals surface area contributed by atoms with Crippen LogP contribution in [0.4, 0.5) is 0 Å². The molecule has 0 radical (unpaired) electrons. The highest BCUT2D eigenvalue weighted by atomic mass is 32.1. The maximum Gasteiger partial charge on any atom is 0.340 e. The number of carbonyl (C=O) groups is 2. The molecule has 1 atom stereocenters. The molecule has 8 heteroatoms. The number of rotatable bonds is 5. The normalized spacial score (nSPS) is 12.0. The van der Waals surface area contributed by atoms with Gasteiger partial charge < -0.3 is 15.0 Å². The number of thiophene rings is 1. The lowest BCUT2D eigenvalue weighted by atomic mass is 10.1. The van der Waals surface area contributed by atoms with Gasteiger partial charge in [0, 0.05) is 5.56 Å². The van der Waals surface area contributed by atoms with Crippen molar-refractivity contribution >= 4 is 34.3 Å². The van der Waals surface area contributed by atoms with Crippen molar-refractivity contribution in [2.24, 2.45) is 5.73 Å². The second-order valence-electron chi connectivity index (χ2n) is 6.08. The van der Waals surface area contributed by atoms with Crippen molar-refractivity contribution < 1.29 is 18.8 Å². The highest BCUT2D eigenvalue weighted by Crippen LogP contribution is 2.30. The van der Waals surface area contributed by atoms with Crippen molar-refractivity contribution in [2.45, 2.75) is 13.0 Å². The molecular weight excluding hydrogens is 378 g/mol. The van der Waals surface area contributed by atoms with Crippen LogP contribution in [0.1, 0.15) is 27.7 Å². The summed E-state index contributed by atoms with van der Waals surface area (Å²) in [5.41, 5.74) is 7.46. The molecule has 0 spiro atoms. The minimum atomic E-state index is -1.21. The van der Waals surface area contributed by atoms with Crippen LogP contribution in [0.15, 0.2) is 58.4 Å². The third-order valence-corrected chi connectivity index (χ3v) is 5.09. The van der Waals surface area contributed by atoms with E-state index in [0.29, 0.717) is 22.3 Å². The molecule has 7 nitrogen and oxygen atoms in total. The maximum atomic E-state index is 13.0. The second-order valence-corrected chi connectivity index (χ2v) is 7.03. The molecule has 0 aliphatic carbocycles. The molecule has 140 valence electrons. The molecule has 1 unspecified atom stereocenters. The summed E-state index contributed by atoms with van der Waals surface area (Å²) in [4.78, 5) is 30.2. The Morgan fingerprint density at radius 2 is 1.96 bits per heavy atom. The number of esters is 1. The Kier molecular flexibility index (Phi) is 4.62. The summed E-state index contributed by atoms with van der Waals surface area (Å²) >= 11 is 1.48. The number of pyridine rings is 1. The van der Waals surface area contributed by atoms with Gasteiger partial charge >= 0.3 is 5.97 Å². The van der Waals surface area contributed by atoms with Crippen LogP contribution in [0.5, 0.6) is 0 Å². The van der Waals surface area contributed by atoms with Gasteiger partial charge in [-0.25, -0.2) is 9.78 Å². The summed E-state index contributed by atoms with van der Waals surface area (Å²) in [6.07, 6.45) is -1.21. The summed E-state index contributed by atoms with van der Waals surface area (Å²) in [6, 6.07) is 14.0. The van der Waals surface area contributed by atoms with Crippen LogP contribution < -0.4 is 5.73 Å². The first-order valence-electron chi connectivity index (χ1n) is 8.40. The topological polar surface area (TPSA) is 108 Å². The van der Waals surface area contributed by atoms with Crippen LogP contribution in [-0.4, -0.2) is 22.0 Å². The molecule has 28 heavy (non-hydrogen) atoms. The molecule has 2 N–H and O–H groups in total. The maximum absolute atomic E-state index is 13.0. The van der Waals surface area contributed by atoms with Gasteiger partial charge in [0.15, 0.2) is 0 Å². The largest absolute Gasteiger partial charge is 0.444 e. The van der Waals surface area contributed by atoms with E-state index in [0.717, 1.165) is 4.88 Å². The first-order chi connectivity index (χ1) is 13.5. The number of ether oxygens (including phenoxy) is 1. The standard InChI is InChI=1S/C20H15N3O4S/c1-11-16-13(10-14(15-8-5-9-28-15)22-19(16)27-23-11)20(25)26-17(18(21)24)12-6-3-2-4-7-12/h2-10,17H,1H3,(H2,21,24). The van der Waals surface area contributed by atoms with Crippen molar-refractivity contribution in [3.8, 4) is 10.6 Å². The van der Waals surface area contributed by atoms with E-state index in [2.05, 4.69) is 10.1 Å². The zero-order valence-electron chi connectivity index (χ0n) is 14.8. The quantitative estimate of drug-likeness (QED) is 0.519. The van der Waals surface area contributed by atoms with E-state index >= 15 is 0 Å². The number of amides is 1. The summed E-state index contributed by atoms with van der Waals surface area (Å²) in [6.45, 7) is 1.71. The van der Waals surface area contributed by atoms with Gasteiger partial charge in [-0.2, -0.15) is 0 Å². The van der Waals surface area contributed by atoms with E-state index in [9.17, 15) is 9.59 Å². The first kappa shape index (κ1) is 17.9. The van der Waals surface area contributed by atoms with Crippen LogP contribution in [-0.2, 0) is 9.53 Å².